The van der Waals surface area contributed by atoms with E-state index in [0.717, 1.165) is 6.42 Å². The number of hydrogen-bond donors (Lipinski definition) is 0. The molecule has 0 unspecified atom stereocenters. The second-order valence-electron chi connectivity index (χ2n) is 7.79. The molecule has 1 heterocycles. The van der Waals surface area contributed by atoms with Gasteiger partial charge in [0.2, 0.25) is 0 Å². The van der Waals surface area contributed by atoms with Gasteiger partial charge in [0.15, 0.2) is 0 Å². The Hall–Kier alpha value is -3.42. The van der Waals surface area contributed by atoms with Crippen LogP contribution in [0.25, 0.3) is 42.1 Å². The normalized spacial score (nSPS) is 11.5. The molecule has 5 aromatic carbocycles. The van der Waals surface area contributed by atoms with Crippen molar-refractivity contribution in [2.75, 3.05) is 0 Å². The Morgan fingerprint density at radius 3 is 2.30 bits per heavy atom. The number of rotatable bonds is 3. The predicted octanol–water partition coefficient (Wildman–Crippen LogP) is 8.47. The maximum absolute atomic E-state index is 2.39. The molecule has 0 aliphatic heterocycles. The second kappa shape index (κ2) is 7.12. The minimum Gasteiger partial charge on any atom is -0.135 e. The highest BCUT2D eigenvalue weighted by Crippen LogP contribution is 2.39. The van der Waals surface area contributed by atoms with E-state index in [-0.39, 0.29) is 0 Å². The fourth-order valence-electron chi connectivity index (χ4n) is 4.51. The van der Waals surface area contributed by atoms with Crippen molar-refractivity contribution in [2.45, 2.75) is 6.42 Å². The van der Waals surface area contributed by atoms with Crippen LogP contribution in [0, 0.1) is 0 Å². The molecule has 0 nitrogen and oxygen atoms in total. The number of benzene rings is 5. The molecular weight excluding hydrogens is 380 g/mol. The van der Waals surface area contributed by atoms with Gasteiger partial charge in [0, 0.05) is 20.2 Å². The summed E-state index contributed by atoms with van der Waals surface area (Å²) >= 11 is 1.89. The molecule has 0 fully saturated rings. The Morgan fingerprint density at radius 1 is 0.567 bits per heavy atom. The van der Waals surface area contributed by atoms with E-state index in [2.05, 4.69) is 109 Å². The molecule has 0 bridgehead atoms. The van der Waals surface area contributed by atoms with Gasteiger partial charge in [0.25, 0.3) is 0 Å². The molecule has 30 heavy (non-hydrogen) atoms. The summed E-state index contributed by atoms with van der Waals surface area (Å²) in [6, 6.07) is 39.7. The molecule has 142 valence electrons. The molecule has 1 heteroatoms. The number of fused-ring (bicyclic) bond motifs is 4. The first-order valence-electron chi connectivity index (χ1n) is 10.3. The van der Waals surface area contributed by atoms with Crippen molar-refractivity contribution in [1.82, 2.24) is 0 Å². The van der Waals surface area contributed by atoms with E-state index in [1.165, 1.54) is 53.2 Å². The van der Waals surface area contributed by atoms with Gasteiger partial charge in [0.1, 0.15) is 0 Å². The van der Waals surface area contributed by atoms with Crippen LogP contribution in [0.4, 0.5) is 0 Å². The summed E-state index contributed by atoms with van der Waals surface area (Å²) in [6.45, 7) is 0. The molecule has 0 aliphatic rings. The van der Waals surface area contributed by atoms with E-state index in [1.54, 1.807) is 0 Å². The van der Waals surface area contributed by atoms with E-state index in [9.17, 15) is 0 Å². The standard InChI is InChI=1S/C29H20S/c1-2-8-20(9-3-1)18-23-12-7-15-28-29(23)26-19-22(16-17-27(26)30-28)25-14-6-11-21-10-4-5-13-24(21)25/h1-17,19H,18H2. The lowest BCUT2D eigenvalue weighted by Gasteiger charge is -2.08. The molecule has 0 atom stereocenters. The summed E-state index contributed by atoms with van der Waals surface area (Å²) in [7, 11) is 0. The first-order valence-corrected chi connectivity index (χ1v) is 11.1. The average Bonchev–Trinajstić information content (AvgIpc) is 3.18. The molecule has 1 aromatic heterocycles. The average molecular weight is 401 g/mol. The number of thiophene rings is 1. The lowest BCUT2D eigenvalue weighted by atomic mass is 9.95. The molecule has 0 saturated heterocycles. The minimum absolute atomic E-state index is 0.961. The van der Waals surface area contributed by atoms with Gasteiger partial charge in [-0.3, -0.25) is 0 Å². The SMILES string of the molecule is c1ccc(Cc2cccc3sc4ccc(-c5cccc6ccccc56)cc4c23)cc1. The molecule has 0 aliphatic carbocycles. The van der Waals surface area contributed by atoms with Gasteiger partial charge >= 0.3 is 0 Å². The van der Waals surface area contributed by atoms with Crippen LogP contribution in [0.1, 0.15) is 11.1 Å². The van der Waals surface area contributed by atoms with Crippen LogP contribution < -0.4 is 0 Å². The van der Waals surface area contributed by atoms with E-state index < -0.39 is 0 Å². The molecule has 0 N–H and O–H groups in total. The van der Waals surface area contributed by atoms with Crippen molar-refractivity contribution in [1.29, 1.82) is 0 Å². The lowest BCUT2D eigenvalue weighted by Crippen LogP contribution is -1.88. The molecule has 0 radical (unpaired) electrons. The van der Waals surface area contributed by atoms with Crippen LogP contribution in [0.5, 0.6) is 0 Å². The van der Waals surface area contributed by atoms with Crippen molar-refractivity contribution >= 4 is 42.3 Å². The van der Waals surface area contributed by atoms with Gasteiger partial charge in [0.05, 0.1) is 0 Å². The summed E-state index contributed by atoms with van der Waals surface area (Å²) < 4.78 is 2.72. The minimum atomic E-state index is 0.961. The maximum atomic E-state index is 2.39. The summed E-state index contributed by atoms with van der Waals surface area (Å²) in [6.07, 6.45) is 0.961. The summed E-state index contributed by atoms with van der Waals surface area (Å²) in [5, 5.41) is 5.37. The van der Waals surface area contributed by atoms with Crippen molar-refractivity contribution < 1.29 is 0 Å². The van der Waals surface area contributed by atoms with Crippen molar-refractivity contribution in [3.63, 3.8) is 0 Å². The maximum Gasteiger partial charge on any atom is 0.0358 e. The molecule has 6 rings (SSSR count). The van der Waals surface area contributed by atoms with E-state index in [4.69, 9.17) is 0 Å². The smallest absolute Gasteiger partial charge is 0.0358 e. The van der Waals surface area contributed by atoms with Crippen molar-refractivity contribution in [2.24, 2.45) is 0 Å². The molecular formula is C29H20S. The van der Waals surface area contributed by atoms with Crippen LogP contribution in [-0.4, -0.2) is 0 Å². The highest BCUT2D eigenvalue weighted by molar-refractivity contribution is 7.25. The van der Waals surface area contributed by atoms with E-state index >= 15 is 0 Å². The zero-order valence-electron chi connectivity index (χ0n) is 16.5. The topological polar surface area (TPSA) is 0 Å². The monoisotopic (exact) mass is 400 g/mol. The Bertz CT molecular complexity index is 1500. The summed E-state index contributed by atoms with van der Waals surface area (Å²) in [5.41, 5.74) is 5.35. The summed E-state index contributed by atoms with van der Waals surface area (Å²) in [4.78, 5) is 0. The van der Waals surface area contributed by atoms with Crippen LogP contribution in [-0.2, 0) is 6.42 Å². The van der Waals surface area contributed by atoms with E-state index in [0.29, 0.717) is 0 Å². The second-order valence-corrected chi connectivity index (χ2v) is 8.88. The van der Waals surface area contributed by atoms with Crippen LogP contribution in [0.3, 0.4) is 0 Å². The fraction of sp³-hybridized carbons (Fsp3) is 0.0345. The Morgan fingerprint density at radius 2 is 1.37 bits per heavy atom. The van der Waals surface area contributed by atoms with Crippen LogP contribution >= 0.6 is 11.3 Å². The fourth-order valence-corrected chi connectivity index (χ4v) is 5.64. The molecule has 6 aromatic rings. The third-order valence-corrected chi connectivity index (χ3v) is 7.06. The molecule has 0 saturated carbocycles. The number of hydrogen-bond acceptors (Lipinski definition) is 1. The van der Waals surface area contributed by atoms with Gasteiger partial charge in [-0.15, -0.1) is 11.3 Å². The lowest BCUT2D eigenvalue weighted by molar-refractivity contribution is 1.22. The Kier molecular flexibility index (Phi) is 4.14. The quantitative estimate of drug-likeness (QED) is 0.279. The highest BCUT2D eigenvalue weighted by Gasteiger charge is 2.12. The van der Waals surface area contributed by atoms with E-state index in [1.807, 2.05) is 11.3 Å². The van der Waals surface area contributed by atoms with Gasteiger partial charge in [-0.05, 0) is 57.6 Å². The Balaban J connectivity index is 1.58. The van der Waals surface area contributed by atoms with Crippen LogP contribution in [0.15, 0.2) is 109 Å². The Labute approximate surface area is 180 Å². The molecule has 0 spiro atoms. The van der Waals surface area contributed by atoms with Crippen LogP contribution in [0.2, 0.25) is 0 Å². The predicted molar refractivity (Wildman–Crippen MR) is 132 cm³/mol. The zero-order valence-corrected chi connectivity index (χ0v) is 17.3. The van der Waals surface area contributed by atoms with Gasteiger partial charge in [-0.25, -0.2) is 0 Å². The first-order chi connectivity index (χ1) is 14.9. The molecule has 0 amide bonds. The first kappa shape index (κ1) is 17.4. The highest BCUT2D eigenvalue weighted by atomic mass is 32.1. The summed E-state index contributed by atoms with van der Waals surface area (Å²) in [5.74, 6) is 0. The van der Waals surface area contributed by atoms with Gasteiger partial charge in [-0.2, -0.15) is 0 Å². The van der Waals surface area contributed by atoms with Gasteiger partial charge in [-0.1, -0.05) is 91.0 Å². The largest absolute Gasteiger partial charge is 0.135 e. The third-order valence-electron chi connectivity index (χ3n) is 5.92. The van der Waals surface area contributed by atoms with Crippen molar-refractivity contribution in [3.8, 4) is 11.1 Å². The third kappa shape index (κ3) is 2.91. The van der Waals surface area contributed by atoms with Crippen molar-refractivity contribution in [3.05, 3.63) is 120 Å². The van der Waals surface area contributed by atoms with Gasteiger partial charge < -0.3 is 0 Å². The zero-order chi connectivity index (χ0) is 19.9.